The molecule has 166 valence electrons. The van der Waals surface area contributed by atoms with Gasteiger partial charge in [-0.3, -0.25) is 40.4 Å². The number of methoxy groups -OCH3 is 1. The zero-order valence-corrected chi connectivity index (χ0v) is 16.5. The first-order chi connectivity index (χ1) is 15.3. The molecule has 5 rings (SSSR count). The molecule has 1 aliphatic carbocycles. The van der Waals surface area contributed by atoms with Crippen molar-refractivity contribution in [3.05, 3.63) is 17.2 Å². The number of benzene rings is 1. The minimum Gasteiger partial charge on any atom is -0.492 e. The second kappa shape index (κ2) is 6.67. The summed E-state index contributed by atoms with van der Waals surface area (Å²) < 4.78 is 16.4. The number of nitrogens with one attached hydrogen (secondary N) is 4. The van der Waals surface area contributed by atoms with Gasteiger partial charge in [-0.2, -0.15) is 0 Å². The van der Waals surface area contributed by atoms with Crippen LogP contribution in [0, 0.1) is 17.3 Å². The standard InChI is InChI=1S/C19H16N4O9/c1-30-11-7-4-19(15(26)22-18(29)23-16(19)27)8(10-13(24)20-17(28)21-14(10)25)2-6(7)3-9-12(11)32-5-31-9/h3,8,10H,2,4-5H2,1H3,(H2,20,21,24,25,28)(H2,22,23,26,27,29)/t8-/m0/s1. The highest BCUT2D eigenvalue weighted by Crippen LogP contribution is 2.53. The third-order valence-electron chi connectivity index (χ3n) is 6.25. The van der Waals surface area contributed by atoms with Gasteiger partial charge in [0, 0.05) is 17.9 Å². The van der Waals surface area contributed by atoms with Crippen molar-refractivity contribution < 1.29 is 43.0 Å². The van der Waals surface area contributed by atoms with Crippen LogP contribution in [0.2, 0.25) is 0 Å². The van der Waals surface area contributed by atoms with E-state index in [0.717, 1.165) is 0 Å². The van der Waals surface area contributed by atoms with Crippen molar-refractivity contribution in [1.82, 2.24) is 21.3 Å². The lowest BCUT2D eigenvalue weighted by Crippen LogP contribution is -2.70. The molecule has 1 spiro atoms. The van der Waals surface area contributed by atoms with Gasteiger partial charge in [0.25, 0.3) is 0 Å². The quantitative estimate of drug-likeness (QED) is 0.394. The van der Waals surface area contributed by atoms with Crippen LogP contribution in [0.4, 0.5) is 9.59 Å². The van der Waals surface area contributed by atoms with Crippen LogP contribution in [-0.2, 0) is 32.0 Å². The van der Waals surface area contributed by atoms with E-state index in [9.17, 15) is 28.8 Å². The van der Waals surface area contributed by atoms with Crippen molar-refractivity contribution in [2.45, 2.75) is 12.8 Å². The highest BCUT2D eigenvalue weighted by molar-refractivity contribution is 6.22. The summed E-state index contributed by atoms with van der Waals surface area (Å²) in [7, 11) is 1.38. The number of carbonyl (C=O) groups is 6. The van der Waals surface area contributed by atoms with E-state index in [-0.39, 0.29) is 25.4 Å². The molecule has 32 heavy (non-hydrogen) atoms. The van der Waals surface area contributed by atoms with Crippen LogP contribution in [0.1, 0.15) is 11.1 Å². The molecule has 2 saturated heterocycles. The smallest absolute Gasteiger partial charge is 0.328 e. The van der Waals surface area contributed by atoms with E-state index in [1.165, 1.54) is 7.11 Å². The minimum absolute atomic E-state index is 0.0613. The molecule has 3 aliphatic heterocycles. The lowest BCUT2D eigenvalue weighted by molar-refractivity contribution is -0.154. The summed E-state index contributed by atoms with van der Waals surface area (Å²) in [6.45, 7) is -0.0613. The average Bonchev–Trinajstić information content (AvgIpc) is 3.17. The molecule has 0 unspecified atom stereocenters. The lowest BCUT2D eigenvalue weighted by atomic mass is 9.58. The minimum atomic E-state index is -2.01. The van der Waals surface area contributed by atoms with E-state index >= 15 is 0 Å². The van der Waals surface area contributed by atoms with E-state index in [1.807, 2.05) is 10.6 Å². The van der Waals surface area contributed by atoms with Gasteiger partial charge in [-0.1, -0.05) is 0 Å². The number of amides is 8. The van der Waals surface area contributed by atoms with Crippen LogP contribution >= 0.6 is 0 Å². The van der Waals surface area contributed by atoms with Gasteiger partial charge in [0.15, 0.2) is 11.5 Å². The second-order valence-corrected chi connectivity index (χ2v) is 7.76. The molecule has 13 heteroatoms. The van der Waals surface area contributed by atoms with Crippen molar-refractivity contribution >= 4 is 35.7 Å². The Morgan fingerprint density at radius 3 is 2.19 bits per heavy atom. The molecule has 1 aromatic carbocycles. The third-order valence-corrected chi connectivity index (χ3v) is 6.25. The van der Waals surface area contributed by atoms with Crippen LogP contribution in [0.15, 0.2) is 6.07 Å². The van der Waals surface area contributed by atoms with E-state index in [0.29, 0.717) is 22.6 Å². The largest absolute Gasteiger partial charge is 0.492 e. The molecule has 13 nitrogen and oxygen atoms in total. The van der Waals surface area contributed by atoms with Crippen molar-refractivity contribution in [1.29, 1.82) is 0 Å². The highest BCUT2D eigenvalue weighted by atomic mass is 16.7. The summed E-state index contributed by atoms with van der Waals surface area (Å²) in [6, 6.07) is -0.381. The van der Waals surface area contributed by atoms with Crippen LogP contribution in [0.5, 0.6) is 17.2 Å². The maximum absolute atomic E-state index is 13.1. The molecule has 4 aliphatic rings. The molecule has 8 amide bonds. The first-order valence-corrected chi connectivity index (χ1v) is 9.57. The molecular weight excluding hydrogens is 428 g/mol. The Labute approximate surface area is 179 Å². The van der Waals surface area contributed by atoms with Gasteiger partial charge in [-0.05, 0) is 18.1 Å². The Morgan fingerprint density at radius 1 is 0.938 bits per heavy atom. The van der Waals surface area contributed by atoms with Gasteiger partial charge in [0.1, 0.15) is 11.3 Å². The predicted molar refractivity (Wildman–Crippen MR) is 99.3 cm³/mol. The number of carbonyl (C=O) groups excluding carboxylic acids is 6. The normalized spacial score (nSPS) is 23.8. The van der Waals surface area contributed by atoms with Gasteiger partial charge in [-0.25, -0.2) is 9.59 Å². The first-order valence-electron chi connectivity index (χ1n) is 9.57. The fourth-order valence-corrected chi connectivity index (χ4v) is 4.87. The SMILES string of the molecule is COc1c2c(cc3c1OCO3)C[C@@H](C1C(=O)NC(=O)NC1=O)C1(C2)C(=O)NC(=O)NC1=O. The monoisotopic (exact) mass is 444 g/mol. The molecule has 3 heterocycles. The topological polar surface area (TPSA) is 178 Å². The van der Waals surface area contributed by atoms with E-state index < -0.39 is 52.9 Å². The second-order valence-electron chi connectivity index (χ2n) is 7.76. The third kappa shape index (κ3) is 2.57. The van der Waals surface area contributed by atoms with Gasteiger partial charge in [-0.15, -0.1) is 0 Å². The summed E-state index contributed by atoms with van der Waals surface area (Å²) >= 11 is 0. The van der Waals surface area contributed by atoms with Gasteiger partial charge >= 0.3 is 12.1 Å². The summed E-state index contributed by atoms with van der Waals surface area (Å²) in [6.07, 6.45) is -0.389. The Balaban J connectivity index is 1.70. The number of rotatable bonds is 2. The summed E-state index contributed by atoms with van der Waals surface area (Å²) in [5.74, 6) is -5.67. The van der Waals surface area contributed by atoms with Gasteiger partial charge < -0.3 is 14.2 Å². The maximum atomic E-state index is 13.1. The van der Waals surface area contributed by atoms with Gasteiger partial charge in [0.2, 0.25) is 36.2 Å². The van der Waals surface area contributed by atoms with Crippen LogP contribution in [0.3, 0.4) is 0 Å². The number of barbiturate groups is 2. The van der Waals surface area contributed by atoms with Crippen molar-refractivity contribution in [2.24, 2.45) is 17.3 Å². The fraction of sp³-hybridized carbons (Fsp3) is 0.368. The van der Waals surface area contributed by atoms with Crippen molar-refractivity contribution in [3.8, 4) is 17.2 Å². The molecule has 0 saturated carbocycles. The van der Waals surface area contributed by atoms with Crippen LogP contribution in [-0.4, -0.2) is 49.6 Å². The zero-order valence-electron chi connectivity index (χ0n) is 16.5. The summed E-state index contributed by atoms with van der Waals surface area (Å²) in [5.41, 5.74) is -1.00. The summed E-state index contributed by atoms with van der Waals surface area (Å²) in [5, 5.41) is 8.12. The van der Waals surface area contributed by atoms with Gasteiger partial charge in [0.05, 0.1) is 7.11 Å². The number of imide groups is 4. The Kier molecular flexibility index (Phi) is 4.12. The Hall–Kier alpha value is -4.16. The average molecular weight is 444 g/mol. The van der Waals surface area contributed by atoms with Crippen molar-refractivity contribution in [2.75, 3.05) is 13.9 Å². The van der Waals surface area contributed by atoms with Crippen LogP contribution in [0.25, 0.3) is 0 Å². The van der Waals surface area contributed by atoms with E-state index in [2.05, 4.69) is 10.6 Å². The highest BCUT2D eigenvalue weighted by Gasteiger charge is 2.63. The molecule has 4 N–H and O–H groups in total. The molecular formula is C19H16N4O9. The Bertz CT molecular complexity index is 1100. The van der Waals surface area contributed by atoms with E-state index in [4.69, 9.17) is 14.2 Å². The molecule has 0 radical (unpaired) electrons. The van der Waals surface area contributed by atoms with E-state index in [1.54, 1.807) is 6.07 Å². The zero-order chi connectivity index (χ0) is 22.8. The maximum Gasteiger partial charge on any atom is 0.328 e. The number of fused-ring (bicyclic) bond motifs is 2. The predicted octanol–water partition coefficient (Wildman–Crippen LogP) is -1.53. The first kappa shape index (κ1) is 19.8. The molecule has 0 bridgehead atoms. The molecule has 2 fully saturated rings. The number of urea groups is 2. The lowest BCUT2D eigenvalue weighted by Gasteiger charge is -2.46. The summed E-state index contributed by atoms with van der Waals surface area (Å²) in [4.78, 5) is 74.9. The fourth-order valence-electron chi connectivity index (χ4n) is 4.87. The van der Waals surface area contributed by atoms with Crippen LogP contribution < -0.4 is 35.5 Å². The molecule has 0 aromatic heterocycles. The molecule has 1 atom stereocenters. The number of hydrogen-bond acceptors (Lipinski definition) is 9. The molecule has 1 aromatic rings. The number of ether oxygens (including phenoxy) is 3. The van der Waals surface area contributed by atoms with Crippen molar-refractivity contribution in [3.63, 3.8) is 0 Å². The Morgan fingerprint density at radius 2 is 1.56 bits per heavy atom. The number of hydrogen-bond donors (Lipinski definition) is 4.